The van der Waals surface area contributed by atoms with Gasteiger partial charge in [0.05, 0.1) is 39.0 Å². The SMILES string of the molecule is COc1cc(C=Cc2cc(F)c(OC)c(NS(=O)(=O)c3ccc(F)cc3)c2)cc(OC)c1OC. The molecule has 0 heterocycles. The molecule has 180 valence electrons. The van der Waals surface area contributed by atoms with Crippen LogP contribution in [-0.2, 0) is 10.0 Å². The average molecular weight is 492 g/mol. The molecule has 0 unspecified atom stereocenters. The Morgan fingerprint density at radius 3 is 1.76 bits per heavy atom. The lowest BCUT2D eigenvalue weighted by molar-refractivity contribution is 0.324. The van der Waals surface area contributed by atoms with Gasteiger partial charge in [-0.05, 0) is 59.7 Å². The summed E-state index contributed by atoms with van der Waals surface area (Å²) in [7, 11) is 1.57. The van der Waals surface area contributed by atoms with E-state index in [9.17, 15) is 17.2 Å². The fraction of sp³-hybridized carbons (Fsp3) is 0.167. The van der Waals surface area contributed by atoms with Crippen LogP contribution < -0.4 is 23.7 Å². The van der Waals surface area contributed by atoms with Gasteiger partial charge >= 0.3 is 0 Å². The van der Waals surface area contributed by atoms with Crippen LogP contribution in [0.5, 0.6) is 23.0 Å². The zero-order chi connectivity index (χ0) is 24.9. The van der Waals surface area contributed by atoms with E-state index in [0.717, 1.165) is 24.3 Å². The van der Waals surface area contributed by atoms with E-state index in [1.54, 1.807) is 24.3 Å². The Kier molecular flexibility index (Phi) is 7.62. The van der Waals surface area contributed by atoms with Gasteiger partial charge in [0.15, 0.2) is 23.1 Å². The molecule has 0 atom stereocenters. The summed E-state index contributed by atoms with van der Waals surface area (Å²) in [6.07, 6.45) is 3.25. The van der Waals surface area contributed by atoms with Crippen LogP contribution >= 0.6 is 0 Å². The summed E-state index contributed by atoms with van der Waals surface area (Å²) < 4.78 is 76.6. The van der Waals surface area contributed by atoms with Crippen molar-refractivity contribution in [3.05, 3.63) is 71.3 Å². The smallest absolute Gasteiger partial charge is 0.262 e. The van der Waals surface area contributed by atoms with Gasteiger partial charge in [-0.15, -0.1) is 0 Å². The van der Waals surface area contributed by atoms with Crippen LogP contribution in [0.1, 0.15) is 11.1 Å². The minimum atomic E-state index is -4.12. The van der Waals surface area contributed by atoms with Crippen LogP contribution in [-0.4, -0.2) is 36.9 Å². The number of ether oxygens (including phenoxy) is 4. The van der Waals surface area contributed by atoms with Gasteiger partial charge in [-0.1, -0.05) is 12.2 Å². The zero-order valence-corrected chi connectivity index (χ0v) is 19.7. The van der Waals surface area contributed by atoms with Gasteiger partial charge in [0.2, 0.25) is 5.75 Å². The van der Waals surface area contributed by atoms with E-state index in [-0.39, 0.29) is 16.3 Å². The van der Waals surface area contributed by atoms with Crippen molar-refractivity contribution in [1.82, 2.24) is 0 Å². The van der Waals surface area contributed by atoms with Crippen molar-refractivity contribution < 1.29 is 36.1 Å². The molecule has 0 amide bonds. The summed E-state index contributed by atoms with van der Waals surface area (Å²) in [6, 6.07) is 10.3. The maximum absolute atomic E-state index is 14.7. The molecule has 0 aliphatic rings. The molecule has 3 rings (SSSR count). The number of rotatable bonds is 9. The Hall–Kier alpha value is -3.79. The molecule has 0 fully saturated rings. The van der Waals surface area contributed by atoms with Crippen LogP contribution in [0.25, 0.3) is 12.2 Å². The third-order valence-corrected chi connectivity index (χ3v) is 6.18. The number of benzene rings is 3. The predicted octanol–water partition coefficient (Wildman–Crippen LogP) is 4.97. The topological polar surface area (TPSA) is 83.1 Å². The highest BCUT2D eigenvalue weighted by Gasteiger charge is 2.19. The van der Waals surface area contributed by atoms with Crippen LogP contribution in [0.15, 0.2) is 53.4 Å². The third kappa shape index (κ3) is 5.40. The number of nitrogens with one attached hydrogen (secondary N) is 1. The van der Waals surface area contributed by atoms with Crippen molar-refractivity contribution in [3.8, 4) is 23.0 Å². The highest BCUT2D eigenvalue weighted by molar-refractivity contribution is 7.92. The summed E-state index contributed by atoms with van der Waals surface area (Å²) in [4.78, 5) is -0.185. The molecule has 0 bridgehead atoms. The quantitative estimate of drug-likeness (QED) is 0.426. The first-order valence-corrected chi connectivity index (χ1v) is 11.3. The number of anilines is 1. The van der Waals surface area contributed by atoms with Gasteiger partial charge in [0.1, 0.15) is 5.82 Å². The fourth-order valence-corrected chi connectivity index (χ4v) is 4.25. The summed E-state index contributed by atoms with van der Waals surface area (Å²) >= 11 is 0. The number of hydrogen-bond donors (Lipinski definition) is 1. The van der Waals surface area contributed by atoms with Crippen molar-refractivity contribution in [2.24, 2.45) is 0 Å². The summed E-state index contributed by atoms with van der Waals surface area (Å²) in [5.41, 5.74) is 0.902. The van der Waals surface area contributed by atoms with E-state index < -0.39 is 21.7 Å². The average Bonchev–Trinajstić information content (AvgIpc) is 2.81. The van der Waals surface area contributed by atoms with Gasteiger partial charge in [0.25, 0.3) is 10.0 Å². The molecular weight excluding hydrogens is 468 g/mol. The van der Waals surface area contributed by atoms with Gasteiger partial charge in [-0.3, -0.25) is 4.72 Å². The van der Waals surface area contributed by atoms with Gasteiger partial charge in [-0.25, -0.2) is 17.2 Å². The lowest BCUT2D eigenvalue weighted by Gasteiger charge is -2.14. The second kappa shape index (κ2) is 10.4. The van der Waals surface area contributed by atoms with Gasteiger partial charge < -0.3 is 18.9 Å². The Morgan fingerprint density at radius 2 is 1.26 bits per heavy atom. The molecule has 3 aromatic carbocycles. The van der Waals surface area contributed by atoms with E-state index in [2.05, 4.69) is 4.72 Å². The third-order valence-electron chi connectivity index (χ3n) is 4.79. The van der Waals surface area contributed by atoms with Crippen LogP contribution in [0, 0.1) is 11.6 Å². The van der Waals surface area contributed by atoms with E-state index in [4.69, 9.17) is 18.9 Å². The van der Waals surface area contributed by atoms with E-state index in [1.807, 2.05) is 0 Å². The molecule has 10 heteroatoms. The predicted molar refractivity (Wildman–Crippen MR) is 125 cm³/mol. The summed E-state index contributed by atoms with van der Waals surface area (Å²) in [5, 5.41) is 0. The first-order chi connectivity index (χ1) is 16.2. The molecule has 0 saturated carbocycles. The Labute approximate surface area is 196 Å². The second-order valence-electron chi connectivity index (χ2n) is 6.93. The first kappa shape index (κ1) is 24.8. The molecule has 0 aliphatic heterocycles. The molecule has 0 aromatic heterocycles. The molecule has 0 radical (unpaired) electrons. The Bertz CT molecular complexity index is 1280. The monoisotopic (exact) mass is 491 g/mol. The lowest BCUT2D eigenvalue weighted by Crippen LogP contribution is -2.14. The molecule has 0 saturated heterocycles. The van der Waals surface area contributed by atoms with Crippen LogP contribution in [0.3, 0.4) is 0 Å². The van der Waals surface area contributed by atoms with Crippen LogP contribution in [0.4, 0.5) is 14.5 Å². The number of sulfonamides is 1. The highest BCUT2D eigenvalue weighted by Crippen LogP contribution is 2.39. The fourth-order valence-electron chi connectivity index (χ4n) is 3.20. The Balaban J connectivity index is 1.98. The highest BCUT2D eigenvalue weighted by atomic mass is 32.2. The number of halogens is 2. The Morgan fingerprint density at radius 1 is 0.735 bits per heavy atom. The van der Waals surface area contributed by atoms with Gasteiger partial charge in [-0.2, -0.15) is 0 Å². The van der Waals surface area contributed by atoms with Crippen molar-refractivity contribution in [3.63, 3.8) is 0 Å². The first-order valence-electron chi connectivity index (χ1n) is 9.86. The lowest BCUT2D eigenvalue weighted by atomic mass is 10.1. The molecule has 1 N–H and O–H groups in total. The molecule has 7 nitrogen and oxygen atoms in total. The second-order valence-corrected chi connectivity index (χ2v) is 8.62. The van der Waals surface area contributed by atoms with E-state index in [0.29, 0.717) is 28.4 Å². The van der Waals surface area contributed by atoms with Crippen molar-refractivity contribution in [2.45, 2.75) is 4.90 Å². The van der Waals surface area contributed by atoms with Crippen LogP contribution in [0.2, 0.25) is 0 Å². The van der Waals surface area contributed by atoms with Crippen molar-refractivity contribution in [2.75, 3.05) is 33.2 Å². The normalized spacial score (nSPS) is 11.4. The van der Waals surface area contributed by atoms with E-state index >= 15 is 0 Å². The largest absolute Gasteiger partial charge is 0.493 e. The zero-order valence-electron chi connectivity index (χ0n) is 18.9. The summed E-state index contributed by atoms with van der Waals surface area (Å²) in [5.74, 6) is -0.330. The maximum atomic E-state index is 14.7. The molecule has 3 aromatic rings. The molecular formula is C24H23F2NO6S. The molecule has 0 spiro atoms. The maximum Gasteiger partial charge on any atom is 0.262 e. The van der Waals surface area contributed by atoms with Crippen molar-refractivity contribution >= 4 is 27.9 Å². The standard InChI is InChI=1S/C24H23F2NO6S/c1-30-21-13-16(14-22(31-2)24(21)33-4)6-5-15-11-19(26)23(32-3)20(12-15)27-34(28,29)18-9-7-17(25)8-10-18/h5-14,27H,1-4H3. The summed E-state index contributed by atoms with van der Waals surface area (Å²) in [6.45, 7) is 0. The number of hydrogen-bond acceptors (Lipinski definition) is 6. The number of methoxy groups -OCH3 is 4. The molecule has 34 heavy (non-hydrogen) atoms. The van der Waals surface area contributed by atoms with E-state index in [1.165, 1.54) is 40.6 Å². The van der Waals surface area contributed by atoms with Gasteiger partial charge in [0, 0.05) is 0 Å². The van der Waals surface area contributed by atoms with Crippen molar-refractivity contribution in [1.29, 1.82) is 0 Å². The molecule has 0 aliphatic carbocycles. The minimum absolute atomic E-state index is 0.114. The minimum Gasteiger partial charge on any atom is -0.493 e.